The van der Waals surface area contributed by atoms with Crippen molar-refractivity contribution in [2.24, 2.45) is 0 Å². The fourth-order valence-electron chi connectivity index (χ4n) is 2.94. The van der Waals surface area contributed by atoms with Crippen LogP contribution in [-0.2, 0) is 14.8 Å². The number of nitrogens with one attached hydrogen (secondary N) is 1. The highest BCUT2D eigenvalue weighted by Crippen LogP contribution is 2.28. The summed E-state index contributed by atoms with van der Waals surface area (Å²) in [5, 5.41) is 0.886. The van der Waals surface area contributed by atoms with Gasteiger partial charge in [-0.05, 0) is 55.3 Å². The Balaban J connectivity index is 1.78. The molecule has 0 saturated carbocycles. The molecular weight excluding hydrogens is 395 g/mol. The van der Waals surface area contributed by atoms with Crippen molar-refractivity contribution in [1.82, 2.24) is 4.72 Å². The normalized spacial score (nSPS) is 16.1. The van der Waals surface area contributed by atoms with Crippen LogP contribution in [0.5, 0.6) is 0 Å². The third-order valence-electron chi connectivity index (χ3n) is 4.29. The fourth-order valence-corrected chi connectivity index (χ4v) is 4.74. The quantitative estimate of drug-likeness (QED) is 0.801. The zero-order valence-corrected chi connectivity index (χ0v) is 16.4. The second kappa shape index (κ2) is 7.56. The van der Waals surface area contributed by atoms with Gasteiger partial charge < -0.3 is 4.90 Å². The second-order valence-corrected chi connectivity index (χ2v) is 8.71. The number of anilines is 1. The standard InChI is InChI=1S/C18H18Cl2N2O3S/c1-12(16-9-4-13(19)11-17(16)20)21-26(24,25)15-7-5-14(6-8-15)22-10-2-3-18(22)23/h4-9,11-12,21H,2-3,10H2,1H3. The highest BCUT2D eigenvalue weighted by atomic mass is 35.5. The van der Waals surface area contributed by atoms with Gasteiger partial charge >= 0.3 is 0 Å². The van der Waals surface area contributed by atoms with Crippen LogP contribution in [0.3, 0.4) is 0 Å². The lowest BCUT2D eigenvalue weighted by Gasteiger charge is -2.18. The molecular formula is C18H18Cl2N2O3S. The Morgan fingerprint density at radius 3 is 2.38 bits per heavy atom. The van der Waals surface area contributed by atoms with Crippen molar-refractivity contribution in [1.29, 1.82) is 0 Å². The monoisotopic (exact) mass is 412 g/mol. The van der Waals surface area contributed by atoms with Gasteiger partial charge in [-0.2, -0.15) is 0 Å². The van der Waals surface area contributed by atoms with Crippen LogP contribution < -0.4 is 9.62 Å². The average molecular weight is 413 g/mol. The van der Waals surface area contributed by atoms with Crippen LogP contribution in [0.1, 0.15) is 31.4 Å². The Morgan fingerprint density at radius 1 is 1.12 bits per heavy atom. The predicted molar refractivity (Wildman–Crippen MR) is 103 cm³/mol. The number of hydrogen-bond donors (Lipinski definition) is 1. The van der Waals surface area contributed by atoms with Crippen molar-refractivity contribution < 1.29 is 13.2 Å². The summed E-state index contributed by atoms with van der Waals surface area (Å²) >= 11 is 12.0. The van der Waals surface area contributed by atoms with Gasteiger partial charge in [0.25, 0.3) is 0 Å². The summed E-state index contributed by atoms with van der Waals surface area (Å²) in [4.78, 5) is 13.6. The van der Waals surface area contributed by atoms with Crippen LogP contribution in [0.2, 0.25) is 10.0 Å². The fraction of sp³-hybridized carbons (Fsp3) is 0.278. The average Bonchev–Trinajstić information content (AvgIpc) is 3.00. The summed E-state index contributed by atoms with van der Waals surface area (Å²) in [5.74, 6) is 0.0599. The number of benzene rings is 2. The largest absolute Gasteiger partial charge is 0.312 e. The molecule has 0 bridgehead atoms. The van der Waals surface area contributed by atoms with Crippen molar-refractivity contribution in [3.8, 4) is 0 Å². The minimum absolute atomic E-state index is 0.0599. The number of nitrogens with zero attached hydrogens (tertiary/aromatic N) is 1. The minimum Gasteiger partial charge on any atom is -0.312 e. The molecule has 0 aromatic heterocycles. The lowest BCUT2D eigenvalue weighted by molar-refractivity contribution is -0.117. The topological polar surface area (TPSA) is 66.5 Å². The number of amides is 1. The third-order valence-corrected chi connectivity index (χ3v) is 6.41. The molecule has 26 heavy (non-hydrogen) atoms. The Morgan fingerprint density at radius 2 is 1.81 bits per heavy atom. The van der Waals surface area contributed by atoms with Crippen molar-refractivity contribution in [2.45, 2.75) is 30.7 Å². The molecule has 0 radical (unpaired) electrons. The molecule has 138 valence electrons. The van der Waals surface area contributed by atoms with E-state index in [1.807, 2.05) is 0 Å². The van der Waals surface area contributed by atoms with E-state index in [1.165, 1.54) is 12.1 Å². The van der Waals surface area contributed by atoms with Gasteiger partial charge in [0.05, 0.1) is 4.90 Å². The summed E-state index contributed by atoms with van der Waals surface area (Å²) in [6.45, 7) is 2.37. The highest BCUT2D eigenvalue weighted by Gasteiger charge is 2.23. The molecule has 0 spiro atoms. The Bertz CT molecular complexity index is 930. The highest BCUT2D eigenvalue weighted by molar-refractivity contribution is 7.89. The van der Waals surface area contributed by atoms with Crippen molar-refractivity contribution in [3.05, 3.63) is 58.1 Å². The van der Waals surface area contributed by atoms with E-state index in [2.05, 4.69) is 4.72 Å². The minimum atomic E-state index is -3.73. The van der Waals surface area contributed by atoms with Crippen LogP contribution in [0, 0.1) is 0 Å². The van der Waals surface area contributed by atoms with Gasteiger partial charge in [-0.15, -0.1) is 0 Å². The van der Waals surface area contributed by atoms with E-state index in [-0.39, 0.29) is 10.8 Å². The Kier molecular flexibility index (Phi) is 5.58. The molecule has 1 fully saturated rings. The van der Waals surface area contributed by atoms with Crippen LogP contribution in [0.4, 0.5) is 5.69 Å². The second-order valence-electron chi connectivity index (χ2n) is 6.15. The number of rotatable bonds is 5. The van der Waals surface area contributed by atoms with Crippen LogP contribution in [-0.4, -0.2) is 20.9 Å². The first kappa shape index (κ1) is 19.2. The van der Waals surface area contributed by atoms with Gasteiger partial charge in [0.2, 0.25) is 15.9 Å². The molecule has 1 amide bonds. The van der Waals surface area contributed by atoms with E-state index in [4.69, 9.17) is 23.2 Å². The summed E-state index contributed by atoms with van der Waals surface area (Å²) < 4.78 is 27.9. The SMILES string of the molecule is CC(NS(=O)(=O)c1ccc(N2CCCC2=O)cc1)c1ccc(Cl)cc1Cl. The van der Waals surface area contributed by atoms with E-state index >= 15 is 0 Å². The summed E-state index contributed by atoms with van der Waals surface area (Å²) in [6.07, 6.45) is 1.35. The summed E-state index contributed by atoms with van der Waals surface area (Å²) in [7, 11) is -3.73. The number of sulfonamides is 1. The number of halogens is 2. The zero-order chi connectivity index (χ0) is 18.9. The third kappa shape index (κ3) is 4.04. The molecule has 5 nitrogen and oxygen atoms in total. The Labute approximate surface area is 163 Å². The van der Waals surface area contributed by atoms with Crippen molar-refractivity contribution in [3.63, 3.8) is 0 Å². The van der Waals surface area contributed by atoms with Crippen LogP contribution >= 0.6 is 23.2 Å². The molecule has 0 aliphatic carbocycles. The smallest absolute Gasteiger partial charge is 0.241 e. The van der Waals surface area contributed by atoms with E-state index in [9.17, 15) is 13.2 Å². The van der Waals surface area contributed by atoms with Gasteiger partial charge in [-0.1, -0.05) is 29.3 Å². The van der Waals surface area contributed by atoms with Crippen molar-refractivity contribution >= 4 is 44.8 Å². The number of carbonyl (C=O) groups excluding carboxylic acids is 1. The van der Waals surface area contributed by atoms with Crippen LogP contribution in [0.15, 0.2) is 47.4 Å². The van der Waals surface area contributed by atoms with E-state index in [1.54, 1.807) is 42.2 Å². The molecule has 1 heterocycles. The van der Waals surface area contributed by atoms with E-state index < -0.39 is 16.1 Å². The molecule has 1 atom stereocenters. The maximum atomic E-state index is 12.6. The van der Waals surface area contributed by atoms with Gasteiger partial charge in [0, 0.05) is 34.7 Å². The number of hydrogen-bond acceptors (Lipinski definition) is 3. The maximum Gasteiger partial charge on any atom is 0.241 e. The van der Waals surface area contributed by atoms with Crippen LogP contribution in [0.25, 0.3) is 0 Å². The molecule has 3 rings (SSSR count). The van der Waals surface area contributed by atoms with Gasteiger partial charge in [-0.25, -0.2) is 13.1 Å². The first-order chi connectivity index (χ1) is 12.3. The van der Waals surface area contributed by atoms with Gasteiger partial charge in [0.1, 0.15) is 0 Å². The number of carbonyl (C=O) groups is 1. The van der Waals surface area contributed by atoms with E-state index in [0.717, 1.165) is 6.42 Å². The molecule has 1 unspecified atom stereocenters. The first-order valence-electron chi connectivity index (χ1n) is 8.15. The van der Waals surface area contributed by atoms with Gasteiger partial charge in [-0.3, -0.25) is 4.79 Å². The lowest BCUT2D eigenvalue weighted by Crippen LogP contribution is -2.27. The van der Waals surface area contributed by atoms with Gasteiger partial charge in [0.15, 0.2) is 0 Å². The molecule has 1 saturated heterocycles. The molecule has 1 N–H and O–H groups in total. The maximum absolute atomic E-state index is 12.6. The zero-order valence-electron chi connectivity index (χ0n) is 14.1. The first-order valence-corrected chi connectivity index (χ1v) is 10.4. The Hall–Kier alpha value is -1.60. The van der Waals surface area contributed by atoms with Crippen molar-refractivity contribution in [2.75, 3.05) is 11.4 Å². The predicted octanol–water partition coefficient (Wildman–Crippen LogP) is 4.16. The molecule has 1 aliphatic heterocycles. The summed E-state index contributed by atoms with van der Waals surface area (Å²) in [5.41, 5.74) is 1.35. The molecule has 8 heteroatoms. The summed E-state index contributed by atoms with van der Waals surface area (Å²) in [6, 6.07) is 10.7. The molecule has 1 aliphatic rings. The molecule has 2 aromatic rings. The molecule has 2 aromatic carbocycles. The lowest BCUT2D eigenvalue weighted by atomic mass is 10.1. The van der Waals surface area contributed by atoms with E-state index in [0.29, 0.717) is 34.3 Å².